The summed E-state index contributed by atoms with van der Waals surface area (Å²) < 4.78 is 0. The summed E-state index contributed by atoms with van der Waals surface area (Å²) in [5.41, 5.74) is 0. The lowest BCUT2D eigenvalue weighted by atomic mass is 10.8. The first-order valence-corrected chi connectivity index (χ1v) is 3.37. The molecule has 0 aliphatic heterocycles. The fraction of sp³-hybridized carbons (Fsp3) is 0.286. The summed E-state index contributed by atoms with van der Waals surface area (Å²) in [6.45, 7) is 7.15. The smallest absolute Gasteiger partial charge is 0.0113 e. The molecule has 0 rings (SSSR count). The van der Waals surface area contributed by atoms with E-state index in [4.69, 9.17) is 0 Å². The van der Waals surface area contributed by atoms with Crippen molar-refractivity contribution < 1.29 is 0 Å². The molecule has 0 aromatic rings. The molecule has 44 valence electrons. The molecular weight excluding hydrogens is 116 g/mol. The van der Waals surface area contributed by atoms with Crippen LogP contribution in [0.1, 0.15) is 0 Å². The third-order valence-corrected chi connectivity index (χ3v) is 1.41. The lowest BCUT2D eigenvalue weighted by molar-refractivity contribution is 1.74. The van der Waals surface area contributed by atoms with Gasteiger partial charge in [-0.1, -0.05) is 12.2 Å². The number of hydrogen-bond acceptors (Lipinski definition) is 1. The summed E-state index contributed by atoms with van der Waals surface area (Å²) in [4.78, 5) is 0. The second-order valence-corrected chi connectivity index (χ2v) is 2.19. The molecule has 0 N–H and O–H groups in total. The Labute approximate surface area is 56.7 Å². The van der Waals surface area contributed by atoms with Crippen LogP contribution >= 0.6 is 11.8 Å². The molecule has 0 saturated heterocycles. The maximum absolute atomic E-state index is 3.58. The minimum absolute atomic E-state index is 0. The zero-order chi connectivity index (χ0) is 5.54. The Balaban J connectivity index is 0. The average Bonchev–Trinajstić information content (AvgIpc) is 1.69. The summed E-state index contributed by atoms with van der Waals surface area (Å²) >= 11 is 1.82. The van der Waals surface area contributed by atoms with Gasteiger partial charge in [0.2, 0.25) is 0 Å². The number of thioether (sulfide) groups is 1. The molecule has 1 heteroatoms. The molecule has 0 saturated carbocycles. The van der Waals surface area contributed by atoms with Gasteiger partial charge in [0, 0.05) is 18.9 Å². The van der Waals surface area contributed by atoms with Gasteiger partial charge in [0.25, 0.3) is 0 Å². The van der Waals surface area contributed by atoms with Crippen LogP contribution in [0.5, 0.6) is 0 Å². The molecule has 0 heterocycles. The zero-order valence-corrected chi connectivity index (χ0v) is 5.71. The van der Waals surface area contributed by atoms with Crippen LogP contribution in [0, 0.1) is 7.43 Å². The highest BCUT2D eigenvalue weighted by Crippen LogP contribution is 1.97. The molecule has 0 spiro atoms. The molecule has 0 aliphatic rings. The van der Waals surface area contributed by atoms with E-state index in [-0.39, 0.29) is 7.43 Å². The van der Waals surface area contributed by atoms with Gasteiger partial charge < -0.3 is 0 Å². The van der Waals surface area contributed by atoms with Crippen LogP contribution in [-0.2, 0) is 0 Å². The van der Waals surface area contributed by atoms with Crippen molar-refractivity contribution in [2.45, 2.75) is 0 Å². The van der Waals surface area contributed by atoms with E-state index >= 15 is 0 Å². The summed E-state index contributed by atoms with van der Waals surface area (Å²) in [5, 5.41) is 0. The van der Waals surface area contributed by atoms with E-state index in [1.807, 2.05) is 23.9 Å². The topological polar surface area (TPSA) is 0 Å². The molecule has 0 amide bonds. The Morgan fingerprint density at radius 2 is 1.50 bits per heavy atom. The molecule has 0 unspecified atom stereocenters. The summed E-state index contributed by atoms with van der Waals surface area (Å²) in [5.74, 6) is 2.07. The SMILES string of the molecule is C=CCSCC=C.[C]. The van der Waals surface area contributed by atoms with Gasteiger partial charge in [0.05, 0.1) is 0 Å². The van der Waals surface area contributed by atoms with E-state index in [0.717, 1.165) is 11.5 Å². The molecule has 0 atom stereocenters. The third-order valence-electron chi connectivity index (χ3n) is 0.471. The van der Waals surface area contributed by atoms with E-state index in [2.05, 4.69) is 13.2 Å². The molecule has 0 nitrogen and oxygen atoms in total. The quantitative estimate of drug-likeness (QED) is 0.411. The second-order valence-electron chi connectivity index (χ2n) is 1.11. The van der Waals surface area contributed by atoms with Crippen LogP contribution < -0.4 is 0 Å². The lowest BCUT2D eigenvalue weighted by Gasteiger charge is -1.85. The molecule has 0 aliphatic carbocycles. The van der Waals surface area contributed by atoms with Gasteiger partial charge in [0.15, 0.2) is 0 Å². The van der Waals surface area contributed by atoms with E-state index < -0.39 is 0 Å². The molecule has 4 radical (unpaired) electrons. The van der Waals surface area contributed by atoms with Crippen molar-refractivity contribution in [3.05, 3.63) is 32.7 Å². The minimum Gasteiger partial charge on any atom is -0.154 e. The molecule has 0 fully saturated rings. The van der Waals surface area contributed by atoms with Gasteiger partial charge in [-0.15, -0.1) is 13.2 Å². The highest BCUT2D eigenvalue weighted by atomic mass is 32.2. The molecule has 8 heavy (non-hydrogen) atoms. The Morgan fingerprint density at radius 3 is 1.75 bits per heavy atom. The Morgan fingerprint density at radius 1 is 1.12 bits per heavy atom. The fourth-order valence-electron chi connectivity index (χ4n) is 0.235. The fourth-order valence-corrected chi connectivity index (χ4v) is 0.704. The van der Waals surface area contributed by atoms with Crippen LogP contribution in [-0.4, -0.2) is 11.5 Å². The predicted octanol–water partition coefficient (Wildman–Crippen LogP) is 2.17. The van der Waals surface area contributed by atoms with Crippen molar-refractivity contribution in [3.63, 3.8) is 0 Å². The zero-order valence-electron chi connectivity index (χ0n) is 4.89. The van der Waals surface area contributed by atoms with Crippen molar-refractivity contribution in [1.82, 2.24) is 0 Å². The van der Waals surface area contributed by atoms with Gasteiger partial charge in [-0.2, -0.15) is 11.8 Å². The number of rotatable bonds is 4. The molecule has 0 bridgehead atoms. The van der Waals surface area contributed by atoms with E-state index in [1.165, 1.54) is 0 Å². The van der Waals surface area contributed by atoms with Crippen LogP contribution in [0.4, 0.5) is 0 Å². The van der Waals surface area contributed by atoms with Crippen LogP contribution in [0.3, 0.4) is 0 Å². The average molecular weight is 126 g/mol. The van der Waals surface area contributed by atoms with Crippen LogP contribution in [0.15, 0.2) is 25.3 Å². The maximum Gasteiger partial charge on any atom is 0.0113 e. The number of hydrogen-bond donors (Lipinski definition) is 0. The van der Waals surface area contributed by atoms with E-state index in [1.54, 1.807) is 0 Å². The summed E-state index contributed by atoms with van der Waals surface area (Å²) in [7, 11) is 0. The van der Waals surface area contributed by atoms with Crippen molar-refractivity contribution >= 4 is 11.8 Å². The second kappa shape index (κ2) is 9.95. The first kappa shape index (κ1) is 10.7. The van der Waals surface area contributed by atoms with Gasteiger partial charge in [-0.05, 0) is 0 Å². The monoisotopic (exact) mass is 126 g/mol. The van der Waals surface area contributed by atoms with Gasteiger partial charge in [-0.25, -0.2) is 0 Å². The third kappa shape index (κ3) is 9.27. The van der Waals surface area contributed by atoms with Gasteiger partial charge in [0.1, 0.15) is 0 Å². The van der Waals surface area contributed by atoms with Gasteiger partial charge >= 0.3 is 0 Å². The lowest BCUT2D eigenvalue weighted by Crippen LogP contribution is -1.69. The maximum atomic E-state index is 3.58. The highest BCUT2D eigenvalue weighted by Gasteiger charge is 1.73. The van der Waals surface area contributed by atoms with Crippen molar-refractivity contribution in [1.29, 1.82) is 0 Å². The summed E-state index contributed by atoms with van der Waals surface area (Å²) in [6, 6.07) is 0. The largest absolute Gasteiger partial charge is 0.154 e. The summed E-state index contributed by atoms with van der Waals surface area (Å²) in [6.07, 6.45) is 3.79. The van der Waals surface area contributed by atoms with Crippen LogP contribution in [0.25, 0.3) is 0 Å². The van der Waals surface area contributed by atoms with Crippen LogP contribution in [0.2, 0.25) is 0 Å². The first-order chi connectivity index (χ1) is 3.41. The van der Waals surface area contributed by atoms with Crippen molar-refractivity contribution in [2.24, 2.45) is 0 Å². The van der Waals surface area contributed by atoms with Gasteiger partial charge in [-0.3, -0.25) is 0 Å². The standard InChI is InChI=1S/C6H10S.C/c1-3-5-7-6-4-2;/h3-4H,1-2,5-6H2;. The molecular formula is C7H10S. The normalized spacial score (nSPS) is 7.00. The molecule has 0 aromatic carbocycles. The predicted molar refractivity (Wildman–Crippen MR) is 41.0 cm³/mol. The Bertz CT molecular complexity index is 49.4. The van der Waals surface area contributed by atoms with Crippen molar-refractivity contribution in [2.75, 3.05) is 11.5 Å². The van der Waals surface area contributed by atoms with E-state index in [0.29, 0.717) is 0 Å². The molecule has 0 aromatic heterocycles. The Hall–Kier alpha value is -0.170. The minimum atomic E-state index is 0. The Kier molecular flexibility index (Phi) is 13.4. The first-order valence-electron chi connectivity index (χ1n) is 2.21. The van der Waals surface area contributed by atoms with Crippen molar-refractivity contribution in [3.8, 4) is 0 Å². The highest BCUT2D eigenvalue weighted by molar-refractivity contribution is 7.99. The van der Waals surface area contributed by atoms with E-state index in [9.17, 15) is 0 Å².